The molecule has 0 bridgehead atoms. The summed E-state index contributed by atoms with van der Waals surface area (Å²) in [5.41, 5.74) is 13.3. The molecule has 1 aliphatic carbocycles. The highest BCUT2D eigenvalue weighted by Gasteiger charge is 2.31. The van der Waals surface area contributed by atoms with Crippen molar-refractivity contribution in [3.8, 4) is 0 Å². The van der Waals surface area contributed by atoms with Gasteiger partial charge >= 0.3 is 0 Å². The summed E-state index contributed by atoms with van der Waals surface area (Å²) in [5, 5.41) is 1.86. The first-order chi connectivity index (χ1) is 8.56. The van der Waals surface area contributed by atoms with E-state index >= 15 is 0 Å². The fraction of sp³-hybridized carbons (Fsp3) is 0.143. The first kappa shape index (κ1) is 10.9. The number of carbonyl (C=O) groups is 2. The minimum atomic E-state index is -1.01. The topological polar surface area (TPSA) is 86.2 Å². The molecule has 0 aromatic heterocycles. The Kier molecular flexibility index (Phi) is 2.21. The van der Waals surface area contributed by atoms with Crippen LogP contribution in [0.3, 0.4) is 0 Å². The Morgan fingerprint density at radius 3 is 2.61 bits per heavy atom. The standard InChI is InChI=1S/C14H12N2O2/c15-10-2-1-7-5-11-9(3-8(7)4-10)6-12(17)13(16)14(11)18/h1-5,13H,6,15-16H2. The van der Waals surface area contributed by atoms with E-state index < -0.39 is 6.04 Å². The summed E-state index contributed by atoms with van der Waals surface area (Å²) in [7, 11) is 0. The molecule has 0 heterocycles. The van der Waals surface area contributed by atoms with Crippen LogP contribution in [0.4, 0.5) is 5.69 Å². The number of carbonyl (C=O) groups excluding carboxylic acids is 2. The van der Waals surface area contributed by atoms with E-state index in [0.29, 0.717) is 11.3 Å². The van der Waals surface area contributed by atoms with Gasteiger partial charge in [0.2, 0.25) is 0 Å². The van der Waals surface area contributed by atoms with Crippen molar-refractivity contribution >= 4 is 28.0 Å². The number of nitrogens with two attached hydrogens (primary N) is 2. The molecule has 4 heteroatoms. The molecular weight excluding hydrogens is 228 g/mol. The Hall–Kier alpha value is -2.20. The van der Waals surface area contributed by atoms with Gasteiger partial charge in [-0.25, -0.2) is 0 Å². The lowest BCUT2D eigenvalue weighted by Gasteiger charge is -2.19. The van der Waals surface area contributed by atoms with Crippen LogP contribution in [0.5, 0.6) is 0 Å². The highest BCUT2D eigenvalue weighted by atomic mass is 16.2. The van der Waals surface area contributed by atoms with Crippen LogP contribution in [-0.4, -0.2) is 17.6 Å². The second-order valence-electron chi connectivity index (χ2n) is 4.60. The Bertz CT molecular complexity index is 691. The van der Waals surface area contributed by atoms with E-state index in [0.717, 1.165) is 16.3 Å². The average Bonchev–Trinajstić information content (AvgIpc) is 2.34. The van der Waals surface area contributed by atoms with Crippen LogP contribution in [0.25, 0.3) is 10.8 Å². The summed E-state index contributed by atoms with van der Waals surface area (Å²) in [4.78, 5) is 23.6. The number of benzene rings is 2. The summed E-state index contributed by atoms with van der Waals surface area (Å²) < 4.78 is 0. The normalized spacial score (nSPS) is 19.1. The number of fused-ring (bicyclic) bond motifs is 2. The quantitative estimate of drug-likeness (QED) is 0.532. The molecule has 0 saturated carbocycles. The van der Waals surface area contributed by atoms with Crippen LogP contribution in [0.1, 0.15) is 15.9 Å². The molecule has 0 amide bonds. The molecule has 0 radical (unpaired) electrons. The van der Waals surface area contributed by atoms with Gasteiger partial charge in [-0.3, -0.25) is 9.59 Å². The molecular formula is C14H12N2O2. The number of hydrogen-bond donors (Lipinski definition) is 2. The van der Waals surface area contributed by atoms with Gasteiger partial charge in [0.25, 0.3) is 0 Å². The minimum absolute atomic E-state index is 0.215. The highest BCUT2D eigenvalue weighted by Crippen LogP contribution is 2.26. The number of hydrogen-bond acceptors (Lipinski definition) is 4. The van der Waals surface area contributed by atoms with Crippen LogP contribution in [0.2, 0.25) is 0 Å². The summed E-state index contributed by atoms with van der Waals surface area (Å²) in [6.07, 6.45) is 0.215. The summed E-state index contributed by atoms with van der Waals surface area (Å²) in [6.45, 7) is 0. The first-order valence-electron chi connectivity index (χ1n) is 5.71. The van der Waals surface area contributed by atoms with Crippen molar-refractivity contribution in [1.29, 1.82) is 0 Å². The van der Waals surface area contributed by atoms with E-state index in [2.05, 4.69) is 0 Å². The van der Waals surface area contributed by atoms with E-state index in [1.54, 1.807) is 12.1 Å². The molecule has 2 aromatic rings. The third-order valence-corrected chi connectivity index (χ3v) is 3.35. The van der Waals surface area contributed by atoms with Crippen molar-refractivity contribution in [2.75, 3.05) is 5.73 Å². The molecule has 90 valence electrons. The molecule has 0 aliphatic heterocycles. The van der Waals surface area contributed by atoms with Crippen molar-refractivity contribution in [2.24, 2.45) is 5.73 Å². The van der Waals surface area contributed by atoms with Crippen LogP contribution in [-0.2, 0) is 11.2 Å². The van der Waals surface area contributed by atoms with E-state index in [-0.39, 0.29) is 18.0 Å². The van der Waals surface area contributed by atoms with Gasteiger partial charge in [-0.1, -0.05) is 6.07 Å². The number of rotatable bonds is 0. The van der Waals surface area contributed by atoms with Crippen molar-refractivity contribution in [3.63, 3.8) is 0 Å². The zero-order valence-electron chi connectivity index (χ0n) is 9.64. The predicted octanol–water partition coefficient (Wildman–Crippen LogP) is 1.06. The summed E-state index contributed by atoms with van der Waals surface area (Å²) in [6, 6.07) is 8.11. The molecule has 0 saturated heterocycles. The van der Waals surface area contributed by atoms with Gasteiger partial charge in [0, 0.05) is 17.7 Å². The van der Waals surface area contributed by atoms with Crippen LogP contribution >= 0.6 is 0 Å². The zero-order valence-corrected chi connectivity index (χ0v) is 9.64. The third kappa shape index (κ3) is 1.50. The monoisotopic (exact) mass is 240 g/mol. The fourth-order valence-electron chi connectivity index (χ4n) is 2.35. The summed E-state index contributed by atoms with van der Waals surface area (Å²) >= 11 is 0. The number of Topliss-reactive ketones (excluding diaryl/α,β-unsaturated/α-hetero) is 2. The van der Waals surface area contributed by atoms with Crippen molar-refractivity contribution in [1.82, 2.24) is 0 Å². The second kappa shape index (κ2) is 3.65. The van der Waals surface area contributed by atoms with E-state index in [9.17, 15) is 9.59 Å². The predicted molar refractivity (Wildman–Crippen MR) is 69.4 cm³/mol. The van der Waals surface area contributed by atoms with Crippen molar-refractivity contribution < 1.29 is 9.59 Å². The largest absolute Gasteiger partial charge is 0.399 e. The molecule has 2 aromatic carbocycles. The third-order valence-electron chi connectivity index (χ3n) is 3.35. The summed E-state index contributed by atoms with van der Waals surface area (Å²) in [5.74, 6) is -0.518. The number of ketones is 2. The van der Waals surface area contributed by atoms with Gasteiger partial charge in [0.15, 0.2) is 11.6 Å². The maximum atomic E-state index is 12.0. The average molecular weight is 240 g/mol. The van der Waals surface area contributed by atoms with Gasteiger partial charge in [-0.15, -0.1) is 0 Å². The van der Waals surface area contributed by atoms with Gasteiger partial charge in [0.05, 0.1) is 0 Å². The maximum absolute atomic E-state index is 12.0. The van der Waals surface area contributed by atoms with Gasteiger partial charge in [-0.2, -0.15) is 0 Å². The maximum Gasteiger partial charge on any atom is 0.187 e. The first-order valence-corrected chi connectivity index (χ1v) is 5.71. The van der Waals surface area contributed by atoms with Gasteiger partial charge in [0.1, 0.15) is 6.04 Å². The highest BCUT2D eigenvalue weighted by molar-refractivity contribution is 6.19. The Morgan fingerprint density at radius 2 is 1.83 bits per heavy atom. The lowest BCUT2D eigenvalue weighted by Crippen LogP contribution is -2.43. The smallest absolute Gasteiger partial charge is 0.187 e. The van der Waals surface area contributed by atoms with Crippen molar-refractivity contribution in [2.45, 2.75) is 12.5 Å². The molecule has 4 nitrogen and oxygen atoms in total. The lowest BCUT2D eigenvalue weighted by molar-refractivity contribution is -0.118. The van der Waals surface area contributed by atoms with E-state index in [1.807, 2.05) is 18.2 Å². The Morgan fingerprint density at radius 1 is 1.06 bits per heavy atom. The van der Waals surface area contributed by atoms with E-state index in [4.69, 9.17) is 11.5 Å². The molecule has 0 spiro atoms. The van der Waals surface area contributed by atoms with Gasteiger partial charge in [-0.05, 0) is 40.6 Å². The van der Waals surface area contributed by atoms with E-state index in [1.165, 1.54) is 0 Å². The molecule has 3 rings (SSSR count). The van der Waals surface area contributed by atoms with Gasteiger partial charge < -0.3 is 11.5 Å². The molecule has 1 unspecified atom stereocenters. The molecule has 4 N–H and O–H groups in total. The Labute approximate surface area is 104 Å². The van der Waals surface area contributed by atoms with Crippen LogP contribution < -0.4 is 11.5 Å². The Balaban J connectivity index is 2.27. The molecule has 1 aliphatic rings. The molecule has 18 heavy (non-hydrogen) atoms. The molecule has 1 atom stereocenters. The SMILES string of the molecule is Nc1ccc2cc3c(cc2c1)CC(=O)C(N)C3=O. The van der Waals surface area contributed by atoms with Crippen LogP contribution in [0, 0.1) is 0 Å². The fourth-order valence-corrected chi connectivity index (χ4v) is 2.35. The second-order valence-corrected chi connectivity index (χ2v) is 4.60. The number of anilines is 1. The molecule has 0 fully saturated rings. The number of nitrogen functional groups attached to an aromatic ring is 1. The zero-order chi connectivity index (χ0) is 12.9. The minimum Gasteiger partial charge on any atom is -0.399 e. The van der Waals surface area contributed by atoms with Crippen LogP contribution in [0.15, 0.2) is 30.3 Å². The lowest BCUT2D eigenvalue weighted by atomic mass is 9.85. The van der Waals surface area contributed by atoms with Crippen molar-refractivity contribution in [3.05, 3.63) is 41.5 Å².